The van der Waals surface area contributed by atoms with E-state index in [1.165, 1.54) is 0 Å². The topological polar surface area (TPSA) is 75.5 Å². The van der Waals surface area contributed by atoms with E-state index in [4.69, 9.17) is 4.74 Å². The molecule has 2 rings (SSSR count). The standard InChI is InChI=1S/C9H12N2O3/c12-7-5-8(13)11-9(10-7)6-1-3-14-4-2-6/h5-6H,1-4H2,(H2,10,11,12,13). The quantitative estimate of drug-likeness (QED) is 0.694. The van der Waals surface area contributed by atoms with Crippen molar-refractivity contribution >= 4 is 0 Å². The molecule has 76 valence electrons. The molecule has 1 aliphatic rings. The van der Waals surface area contributed by atoms with Crippen molar-refractivity contribution in [1.29, 1.82) is 0 Å². The Morgan fingerprint density at radius 2 is 1.71 bits per heavy atom. The number of ether oxygens (including phenoxy) is 1. The first-order chi connectivity index (χ1) is 6.75. The molecule has 0 radical (unpaired) electrons. The molecular weight excluding hydrogens is 184 g/mol. The van der Waals surface area contributed by atoms with E-state index in [-0.39, 0.29) is 17.7 Å². The first kappa shape index (κ1) is 9.21. The lowest BCUT2D eigenvalue weighted by Gasteiger charge is -2.20. The van der Waals surface area contributed by atoms with Crippen molar-refractivity contribution in [3.63, 3.8) is 0 Å². The highest BCUT2D eigenvalue weighted by Gasteiger charge is 2.19. The van der Waals surface area contributed by atoms with Gasteiger partial charge in [0.15, 0.2) is 0 Å². The fourth-order valence-electron chi connectivity index (χ4n) is 1.58. The van der Waals surface area contributed by atoms with Crippen LogP contribution in [0.3, 0.4) is 0 Å². The smallest absolute Gasteiger partial charge is 0.217 e. The Morgan fingerprint density at radius 1 is 1.14 bits per heavy atom. The molecule has 0 saturated carbocycles. The highest BCUT2D eigenvalue weighted by atomic mass is 16.5. The lowest BCUT2D eigenvalue weighted by molar-refractivity contribution is 0.0832. The summed E-state index contributed by atoms with van der Waals surface area (Å²) in [5.41, 5.74) is 0. The van der Waals surface area contributed by atoms with Gasteiger partial charge in [0.05, 0.1) is 6.07 Å². The molecule has 0 unspecified atom stereocenters. The molecule has 14 heavy (non-hydrogen) atoms. The number of aromatic hydroxyl groups is 2. The van der Waals surface area contributed by atoms with Crippen LogP contribution in [0.5, 0.6) is 11.8 Å². The maximum atomic E-state index is 9.18. The Bertz CT molecular complexity index is 304. The predicted molar refractivity (Wildman–Crippen MR) is 48.2 cm³/mol. The summed E-state index contributed by atoms with van der Waals surface area (Å²) in [4.78, 5) is 7.77. The van der Waals surface area contributed by atoms with Crippen molar-refractivity contribution in [3.8, 4) is 11.8 Å². The van der Waals surface area contributed by atoms with Crippen molar-refractivity contribution in [2.75, 3.05) is 13.2 Å². The van der Waals surface area contributed by atoms with Gasteiger partial charge in [-0.25, -0.2) is 0 Å². The number of nitrogens with zero attached hydrogens (tertiary/aromatic N) is 2. The van der Waals surface area contributed by atoms with Gasteiger partial charge in [0, 0.05) is 19.1 Å². The molecule has 1 aliphatic heterocycles. The Hall–Kier alpha value is -1.36. The highest BCUT2D eigenvalue weighted by Crippen LogP contribution is 2.26. The summed E-state index contributed by atoms with van der Waals surface area (Å²) in [7, 11) is 0. The average molecular weight is 196 g/mol. The van der Waals surface area contributed by atoms with Gasteiger partial charge in [-0.05, 0) is 12.8 Å². The van der Waals surface area contributed by atoms with Crippen molar-refractivity contribution in [2.24, 2.45) is 0 Å². The zero-order valence-corrected chi connectivity index (χ0v) is 7.68. The van der Waals surface area contributed by atoms with Gasteiger partial charge in [0.25, 0.3) is 0 Å². The normalized spacial score (nSPS) is 18.3. The molecule has 5 nitrogen and oxygen atoms in total. The Labute approximate surface area is 81.4 Å². The molecule has 0 spiro atoms. The molecule has 0 atom stereocenters. The van der Waals surface area contributed by atoms with Gasteiger partial charge in [-0.1, -0.05) is 0 Å². The fraction of sp³-hybridized carbons (Fsp3) is 0.556. The van der Waals surface area contributed by atoms with E-state index in [0.717, 1.165) is 18.9 Å². The molecule has 1 aromatic heterocycles. The van der Waals surface area contributed by atoms with Gasteiger partial charge in [-0.2, -0.15) is 9.97 Å². The molecule has 0 bridgehead atoms. The summed E-state index contributed by atoms with van der Waals surface area (Å²) in [6.07, 6.45) is 1.67. The second-order valence-corrected chi connectivity index (χ2v) is 3.33. The molecule has 1 saturated heterocycles. The first-order valence-corrected chi connectivity index (χ1v) is 4.60. The number of aromatic nitrogens is 2. The molecule has 5 heteroatoms. The van der Waals surface area contributed by atoms with Crippen LogP contribution < -0.4 is 0 Å². The van der Waals surface area contributed by atoms with E-state index in [1.807, 2.05) is 0 Å². The second-order valence-electron chi connectivity index (χ2n) is 3.33. The lowest BCUT2D eigenvalue weighted by Crippen LogP contribution is -2.16. The summed E-state index contributed by atoms with van der Waals surface area (Å²) in [5, 5.41) is 18.4. The predicted octanol–water partition coefficient (Wildman–Crippen LogP) is 0.782. The highest BCUT2D eigenvalue weighted by molar-refractivity contribution is 5.19. The minimum atomic E-state index is -0.181. The van der Waals surface area contributed by atoms with Crippen LogP contribution in [0, 0.1) is 0 Å². The zero-order chi connectivity index (χ0) is 9.97. The second kappa shape index (κ2) is 3.79. The van der Waals surface area contributed by atoms with Gasteiger partial charge < -0.3 is 14.9 Å². The van der Waals surface area contributed by atoms with Gasteiger partial charge in [-0.15, -0.1) is 0 Å². The van der Waals surface area contributed by atoms with E-state index in [1.54, 1.807) is 0 Å². The van der Waals surface area contributed by atoms with E-state index in [2.05, 4.69) is 9.97 Å². The molecule has 0 aromatic carbocycles. The number of rotatable bonds is 1. The summed E-state index contributed by atoms with van der Waals surface area (Å²) < 4.78 is 5.20. The molecular formula is C9H12N2O3. The van der Waals surface area contributed by atoms with E-state index < -0.39 is 0 Å². The third-order valence-corrected chi connectivity index (χ3v) is 2.30. The Balaban J connectivity index is 2.21. The molecule has 0 aliphatic carbocycles. The van der Waals surface area contributed by atoms with Gasteiger partial charge in [0.1, 0.15) is 5.82 Å². The number of hydrogen-bond acceptors (Lipinski definition) is 5. The zero-order valence-electron chi connectivity index (χ0n) is 7.68. The largest absolute Gasteiger partial charge is 0.493 e. The van der Waals surface area contributed by atoms with Gasteiger partial charge >= 0.3 is 0 Å². The van der Waals surface area contributed by atoms with Crippen molar-refractivity contribution in [1.82, 2.24) is 9.97 Å². The van der Waals surface area contributed by atoms with Crippen LogP contribution in [0.2, 0.25) is 0 Å². The van der Waals surface area contributed by atoms with Crippen LogP contribution in [0.4, 0.5) is 0 Å². The molecule has 1 fully saturated rings. The molecule has 2 heterocycles. The van der Waals surface area contributed by atoms with E-state index in [0.29, 0.717) is 19.0 Å². The summed E-state index contributed by atoms with van der Waals surface area (Å²) in [6.45, 7) is 1.37. The minimum absolute atomic E-state index is 0.181. The van der Waals surface area contributed by atoms with Crippen LogP contribution in [0.1, 0.15) is 24.6 Å². The first-order valence-electron chi connectivity index (χ1n) is 4.60. The molecule has 2 N–H and O–H groups in total. The van der Waals surface area contributed by atoms with Crippen molar-refractivity contribution in [2.45, 2.75) is 18.8 Å². The van der Waals surface area contributed by atoms with Crippen molar-refractivity contribution in [3.05, 3.63) is 11.9 Å². The molecule has 0 amide bonds. The third-order valence-electron chi connectivity index (χ3n) is 2.30. The fourth-order valence-corrected chi connectivity index (χ4v) is 1.58. The maximum absolute atomic E-state index is 9.18. The lowest BCUT2D eigenvalue weighted by atomic mass is 9.99. The number of hydrogen-bond donors (Lipinski definition) is 2. The van der Waals surface area contributed by atoms with Crippen LogP contribution >= 0.6 is 0 Å². The summed E-state index contributed by atoms with van der Waals surface area (Å²) in [6, 6.07) is 1.13. The monoisotopic (exact) mass is 196 g/mol. The summed E-state index contributed by atoms with van der Waals surface area (Å²) in [5.74, 6) is 0.325. The van der Waals surface area contributed by atoms with Gasteiger partial charge in [0.2, 0.25) is 11.8 Å². The van der Waals surface area contributed by atoms with E-state index >= 15 is 0 Å². The third kappa shape index (κ3) is 1.93. The minimum Gasteiger partial charge on any atom is -0.493 e. The van der Waals surface area contributed by atoms with Crippen LogP contribution in [-0.4, -0.2) is 33.4 Å². The average Bonchev–Trinajstić information content (AvgIpc) is 2.18. The van der Waals surface area contributed by atoms with Gasteiger partial charge in [-0.3, -0.25) is 0 Å². The van der Waals surface area contributed by atoms with Crippen molar-refractivity contribution < 1.29 is 14.9 Å². The van der Waals surface area contributed by atoms with Crippen LogP contribution in [0.25, 0.3) is 0 Å². The maximum Gasteiger partial charge on any atom is 0.217 e. The van der Waals surface area contributed by atoms with Crippen LogP contribution in [-0.2, 0) is 4.74 Å². The molecule has 1 aromatic rings. The van der Waals surface area contributed by atoms with E-state index in [9.17, 15) is 10.2 Å². The Kier molecular flexibility index (Phi) is 2.49. The Morgan fingerprint density at radius 3 is 2.29 bits per heavy atom. The van der Waals surface area contributed by atoms with Crippen LogP contribution in [0.15, 0.2) is 6.07 Å². The summed E-state index contributed by atoms with van der Waals surface area (Å²) >= 11 is 0. The SMILES string of the molecule is Oc1cc(O)nc(C2CCOCC2)n1.